The largest absolute Gasteiger partial charge is 0.456 e. The third-order valence-electron chi connectivity index (χ3n) is 15.3. The summed E-state index contributed by atoms with van der Waals surface area (Å²) < 4.78 is 14.7. The van der Waals surface area contributed by atoms with Crippen LogP contribution in [-0.4, -0.2) is 9.97 Å². The minimum absolute atomic E-state index is 0.758. The van der Waals surface area contributed by atoms with Crippen LogP contribution in [0.25, 0.3) is 77.5 Å². The quantitative estimate of drug-likeness (QED) is 0.136. The Morgan fingerprint density at radius 3 is 1.34 bits per heavy atom. The van der Waals surface area contributed by atoms with Crippen molar-refractivity contribution in [3.05, 3.63) is 301 Å². The van der Waals surface area contributed by atoms with Crippen molar-refractivity contribution in [3.63, 3.8) is 0 Å². The lowest BCUT2D eigenvalue weighted by Crippen LogP contribution is -2.29. The molecule has 0 bridgehead atoms. The number of fused-ring (bicyclic) bond motifs is 10. The van der Waals surface area contributed by atoms with Gasteiger partial charge in [0.1, 0.15) is 34.0 Å². The molecule has 6 nitrogen and oxygen atoms in total. The molecule has 0 atom stereocenters. The number of para-hydroxylation sites is 4. The van der Waals surface area contributed by atoms with Crippen molar-refractivity contribution in [2.45, 2.75) is 5.41 Å². The molecule has 0 saturated heterocycles. The summed E-state index contributed by atoms with van der Waals surface area (Å²) in [4.78, 5) is 15.8. The number of furan rings is 2. The normalized spacial score (nSPS) is 12.5. The minimum atomic E-state index is -0.944. The molecule has 0 aliphatic heterocycles. The second kappa shape index (κ2) is 18.0. The Balaban J connectivity index is 1.16. The molecule has 4 heterocycles. The van der Waals surface area contributed by atoms with Crippen molar-refractivity contribution < 1.29 is 8.83 Å². The molecule has 362 valence electrons. The Kier molecular flexibility index (Phi) is 10.3. The first kappa shape index (κ1) is 44.2. The summed E-state index contributed by atoms with van der Waals surface area (Å²) in [6, 6.07) is 98.2. The summed E-state index contributed by atoms with van der Waals surface area (Å²) in [6.07, 6.45) is 0. The first-order chi connectivity index (χ1) is 38.2. The fraction of sp³-hybridized carbons (Fsp3) is 0.0141. The molecule has 0 unspecified atom stereocenters. The Labute approximate surface area is 445 Å². The van der Waals surface area contributed by atoms with E-state index in [1.54, 1.807) is 0 Å². The number of anilines is 6. The van der Waals surface area contributed by atoms with E-state index in [1.807, 2.05) is 18.2 Å². The first-order valence-corrected chi connectivity index (χ1v) is 26.1. The zero-order valence-corrected chi connectivity index (χ0v) is 41.7. The predicted octanol–water partition coefficient (Wildman–Crippen LogP) is 18.9. The van der Waals surface area contributed by atoms with Crippen molar-refractivity contribution in [1.82, 2.24) is 9.97 Å². The molecular formula is C71H46N4O2. The van der Waals surface area contributed by atoms with E-state index in [-0.39, 0.29) is 0 Å². The molecule has 6 heteroatoms. The number of benzene rings is 10. The van der Waals surface area contributed by atoms with Gasteiger partial charge in [-0.1, -0.05) is 206 Å². The van der Waals surface area contributed by atoms with E-state index in [0.29, 0.717) is 0 Å². The number of pyridine rings is 2. The lowest BCUT2D eigenvalue weighted by Gasteiger charge is -2.35. The van der Waals surface area contributed by atoms with Crippen LogP contribution in [0.15, 0.2) is 288 Å². The molecule has 0 amide bonds. The first-order valence-electron chi connectivity index (χ1n) is 26.1. The number of hydrogen-bond acceptors (Lipinski definition) is 6. The lowest BCUT2D eigenvalue weighted by molar-refractivity contribution is 0.666. The molecule has 15 rings (SSSR count). The van der Waals surface area contributed by atoms with Crippen LogP contribution in [0.4, 0.5) is 34.4 Å². The fourth-order valence-electron chi connectivity index (χ4n) is 12.1. The van der Waals surface area contributed by atoms with Crippen LogP contribution in [0.3, 0.4) is 0 Å². The van der Waals surface area contributed by atoms with Gasteiger partial charge in [0.15, 0.2) is 0 Å². The Hall–Kier alpha value is -10.3. The van der Waals surface area contributed by atoms with Crippen molar-refractivity contribution in [1.29, 1.82) is 0 Å². The summed E-state index contributed by atoms with van der Waals surface area (Å²) in [5.41, 5.74) is 16.1. The molecule has 4 aromatic heterocycles. The number of rotatable bonds is 10. The van der Waals surface area contributed by atoms with Crippen LogP contribution >= 0.6 is 0 Å². The van der Waals surface area contributed by atoms with E-state index in [9.17, 15) is 0 Å². The third-order valence-corrected chi connectivity index (χ3v) is 15.3. The van der Waals surface area contributed by atoms with Crippen molar-refractivity contribution in [3.8, 4) is 33.6 Å². The molecule has 1 aliphatic rings. The van der Waals surface area contributed by atoms with Gasteiger partial charge >= 0.3 is 0 Å². The maximum Gasteiger partial charge on any atom is 0.145 e. The highest BCUT2D eigenvalue weighted by Crippen LogP contribution is 2.65. The minimum Gasteiger partial charge on any atom is -0.456 e. The molecule has 14 aromatic rings. The molecule has 10 aromatic carbocycles. The molecule has 0 fully saturated rings. The van der Waals surface area contributed by atoms with E-state index in [0.717, 1.165) is 134 Å². The number of nitrogens with zero attached hydrogens (tertiary/aromatic N) is 4. The predicted molar refractivity (Wildman–Crippen MR) is 314 cm³/mol. The van der Waals surface area contributed by atoms with E-state index in [1.165, 1.54) is 0 Å². The second-order valence-electron chi connectivity index (χ2n) is 19.6. The maximum absolute atomic E-state index is 7.57. The van der Waals surface area contributed by atoms with Gasteiger partial charge in [0, 0.05) is 44.4 Å². The highest BCUT2D eigenvalue weighted by molar-refractivity contribution is 6.25. The van der Waals surface area contributed by atoms with Gasteiger partial charge in [-0.05, 0) is 95.1 Å². The Morgan fingerprint density at radius 1 is 0.338 bits per heavy atom. The number of hydrogen-bond donors (Lipinski definition) is 0. The van der Waals surface area contributed by atoms with Gasteiger partial charge < -0.3 is 8.83 Å². The molecular weight excluding hydrogens is 941 g/mol. The lowest BCUT2D eigenvalue weighted by atomic mass is 9.67. The topological polar surface area (TPSA) is 58.5 Å². The molecule has 1 aliphatic carbocycles. The van der Waals surface area contributed by atoms with E-state index in [4.69, 9.17) is 18.8 Å². The zero-order valence-electron chi connectivity index (χ0n) is 41.7. The van der Waals surface area contributed by atoms with E-state index in [2.05, 4.69) is 271 Å². The summed E-state index contributed by atoms with van der Waals surface area (Å²) in [7, 11) is 0. The van der Waals surface area contributed by atoms with Gasteiger partial charge in [-0.2, -0.15) is 0 Å². The standard InChI is InChI=1S/C71H46N4O2/c1-7-25-47(26-8-1)57-39-23-43-63(72-57)74(51-33-15-5-16-34-51)59-45-55-68(70-65(59)53-37-19-22-42-61(53)77-70)67-56(71(55,49-29-11-3-12-30-49)50-31-13-4-14-32-50)46-62-66(54-38-20-21-41-60(54)76-62)69(67)75(52-35-17-6-18-36-52)64-44-24-40-58(73-64)48-27-9-2-10-28-48/h1-46H. The van der Waals surface area contributed by atoms with Crippen molar-refractivity contribution in [2.75, 3.05) is 9.80 Å². The van der Waals surface area contributed by atoms with Gasteiger partial charge in [0.2, 0.25) is 0 Å². The zero-order chi connectivity index (χ0) is 50.9. The SMILES string of the molecule is c1ccc(-c2cccc(N(c3ccccc3)c3c4c(cc5oc6ccccc6c35)C(c3ccccc3)(c3ccccc3)c3cc(N(c5ccccc5)c5cccc(-c6ccccc6)n5)c5c(oc6ccccc65)c3-4)n2)cc1. The smallest absolute Gasteiger partial charge is 0.145 e. The van der Waals surface area contributed by atoms with Gasteiger partial charge in [-0.3, -0.25) is 9.80 Å². The average molecular weight is 987 g/mol. The monoisotopic (exact) mass is 986 g/mol. The second-order valence-corrected chi connectivity index (χ2v) is 19.6. The van der Waals surface area contributed by atoms with Crippen molar-refractivity contribution >= 4 is 78.3 Å². The van der Waals surface area contributed by atoms with Crippen LogP contribution in [0.5, 0.6) is 0 Å². The summed E-state index contributed by atoms with van der Waals surface area (Å²) in [6.45, 7) is 0. The molecule has 77 heavy (non-hydrogen) atoms. The third kappa shape index (κ3) is 6.96. The van der Waals surface area contributed by atoms with Crippen LogP contribution in [0.1, 0.15) is 22.3 Å². The van der Waals surface area contributed by atoms with Crippen molar-refractivity contribution in [2.24, 2.45) is 0 Å². The highest BCUT2D eigenvalue weighted by Gasteiger charge is 2.51. The van der Waals surface area contributed by atoms with Crippen LogP contribution in [-0.2, 0) is 5.41 Å². The fourth-order valence-corrected chi connectivity index (χ4v) is 12.1. The van der Waals surface area contributed by atoms with E-state index >= 15 is 0 Å². The highest BCUT2D eigenvalue weighted by atomic mass is 16.3. The van der Waals surface area contributed by atoms with Crippen LogP contribution < -0.4 is 9.80 Å². The summed E-state index contributed by atoms with van der Waals surface area (Å²) >= 11 is 0. The Bertz CT molecular complexity index is 4460. The summed E-state index contributed by atoms with van der Waals surface area (Å²) in [5, 5.41) is 3.93. The van der Waals surface area contributed by atoms with Crippen LogP contribution in [0, 0.1) is 0 Å². The maximum atomic E-state index is 7.57. The average Bonchev–Trinajstić information content (AvgIpc) is 3.29. The van der Waals surface area contributed by atoms with Gasteiger partial charge in [-0.15, -0.1) is 0 Å². The van der Waals surface area contributed by atoms with Gasteiger partial charge in [0.25, 0.3) is 0 Å². The number of aromatic nitrogens is 2. The van der Waals surface area contributed by atoms with Crippen LogP contribution in [0.2, 0.25) is 0 Å². The van der Waals surface area contributed by atoms with Gasteiger partial charge in [0.05, 0.1) is 39.0 Å². The van der Waals surface area contributed by atoms with Gasteiger partial charge in [-0.25, -0.2) is 9.97 Å². The molecule has 0 spiro atoms. The molecule has 0 radical (unpaired) electrons. The molecule has 0 saturated carbocycles. The van der Waals surface area contributed by atoms with E-state index < -0.39 is 5.41 Å². The summed E-state index contributed by atoms with van der Waals surface area (Å²) in [5.74, 6) is 1.53. The Morgan fingerprint density at radius 2 is 0.779 bits per heavy atom. The molecule has 0 N–H and O–H groups in total.